The predicted octanol–water partition coefficient (Wildman–Crippen LogP) is 2.86. The van der Waals surface area contributed by atoms with Crippen LogP contribution in [0.1, 0.15) is 50.4 Å². The second kappa shape index (κ2) is 7.43. The van der Waals surface area contributed by atoms with Gasteiger partial charge < -0.3 is 10.5 Å². The number of nitrogens with two attached hydrogens (primary N) is 1. The Bertz CT molecular complexity index is 427. The zero-order valence-electron chi connectivity index (χ0n) is 12.6. The molecule has 1 aromatic heterocycles. The van der Waals surface area contributed by atoms with Crippen LogP contribution in [-0.2, 0) is 24.6 Å². The summed E-state index contributed by atoms with van der Waals surface area (Å²) in [4.78, 5) is 0. The van der Waals surface area contributed by atoms with E-state index in [-0.39, 0.29) is 6.04 Å². The number of halogens is 1. The average molecular weight is 300 g/mol. The van der Waals surface area contributed by atoms with Gasteiger partial charge in [0, 0.05) is 26.1 Å². The zero-order chi connectivity index (χ0) is 14.5. The number of ether oxygens (including phenoxy) is 1. The second-order valence-corrected chi connectivity index (χ2v) is 6.09. The van der Waals surface area contributed by atoms with Crippen LogP contribution in [0, 0.1) is 0 Å². The van der Waals surface area contributed by atoms with Crippen LogP contribution in [-0.4, -0.2) is 28.5 Å². The van der Waals surface area contributed by atoms with Crippen molar-refractivity contribution >= 4 is 11.6 Å². The van der Waals surface area contributed by atoms with E-state index in [1.165, 1.54) is 19.3 Å². The van der Waals surface area contributed by atoms with Gasteiger partial charge in [0.1, 0.15) is 0 Å². The third-order valence-corrected chi connectivity index (χ3v) is 4.53. The van der Waals surface area contributed by atoms with Crippen molar-refractivity contribution in [2.75, 3.05) is 6.61 Å². The first-order chi connectivity index (χ1) is 9.61. The summed E-state index contributed by atoms with van der Waals surface area (Å²) < 4.78 is 7.62. The van der Waals surface area contributed by atoms with Crippen molar-refractivity contribution in [3.63, 3.8) is 0 Å². The van der Waals surface area contributed by atoms with E-state index in [9.17, 15) is 0 Å². The molecule has 0 bridgehead atoms. The fraction of sp³-hybridized carbons (Fsp3) is 0.800. The Labute approximate surface area is 126 Å². The largest absolute Gasteiger partial charge is 0.378 e. The number of aromatic nitrogens is 2. The molecule has 4 nitrogen and oxygen atoms in total. The van der Waals surface area contributed by atoms with E-state index in [1.807, 2.05) is 11.7 Å². The number of aryl methyl sites for hydroxylation is 2. The lowest BCUT2D eigenvalue weighted by atomic mass is 9.99. The van der Waals surface area contributed by atoms with Crippen molar-refractivity contribution in [3.8, 4) is 0 Å². The summed E-state index contributed by atoms with van der Waals surface area (Å²) in [5.41, 5.74) is 8.28. The normalized spacial score (nSPS) is 21.1. The molecule has 2 rings (SSSR count). The minimum Gasteiger partial charge on any atom is -0.378 e. The van der Waals surface area contributed by atoms with Gasteiger partial charge in [-0.25, -0.2) is 0 Å². The molecule has 1 aliphatic rings. The van der Waals surface area contributed by atoms with Gasteiger partial charge in [-0.15, -0.1) is 0 Å². The van der Waals surface area contributed by atoms with Gasteiger partial charge in [-0.1, -0.05) is 18.5 Å². The average Bonchev–Trinajstić information content (AvgIpc) is 2.73. The first-order valence-corrected chi connectivity index (χ1v) is 8.07. The molecule has 114 valence electrons. The number of hydrogen-bond donors (Lipinski definition) is 1. The van der Waals surface area contributed by atoms with E-state index < -0.39 is 0 Å². The molecule has 1 aliphatic heterocycles. The van der Waals surface area contributed by atoms with Crippen LogP contribution in [0.3, 0.4) is 0 Å². The standard InChI is InChI=1S/C15H26ClN3O/c1-3-13-15(16)14(19(2)18-13)10-11(17)7-8-12-6-4-5-9-20-12/h11-12H,3-10,17H2,1-2H3. The van der Waals surface area contributed by atoms with Gasteiger partial charge in [0.2, 0.25) is 0 Å². The minimum absolute atomic E-state index is 0.123. The van der Waals surface area contributed by atoms with E-state index in [0.717, 1.165) is 48.7 Å². The van der Waals surface area contributed by atoms with E-state index >= 15 is 0 Å². The monoisotopic (exact) mass is 299 g/mol. The Kier molecular flexibility index (Phi) is 5.87. The highest BCUT2D eigenvalue weighted by molar-refractivity contribution is 6.31. The van der Waals surface area contributed by atoms with Gasteiger partial charge in [0.05, 0.1) is 22.5 Å². The van der Waals surface area contributed by atoms with Crippen molar-refractivity contribution in [3.05, 3.63) is 16.4 Å². The molecule has 2 heterocycles. The molecule has 0 saturated carbocycles. The van der Waals surface area contributed by atoms with E-state index in [1.54, 1.807) is 0 Å². The molecule has 0 spiro atoms. The molecule has 2 unspecified atom stereocenters. The molecule has 1 fully saturated rings. The SMILES string of the molecule is CCc1nn(C)c(CC(N)CCC2CCCCO2)c1Cl. The van der Waals surface area contributed by atoms with Gasteiger partial charge in [-0.05, 0) is 38.5 Å². The molecular weight excluding hydrogens is 274 g/mol. The molecule has 0 aliphatic carbocycles. The molecule has 0 amide bonds. The van der Waals surface area contributed by atoms with Crippen LogP contribution in [0.4, 0.5) is 0 Å². The third kappa shape index (κ3) is 3.96. The summed E-state index contributed by atoms with van der Waals surface area (Å²) >= 11 is 6.36. The summed E-state index contributed by atoms with van der Waals surface area (Å²) in [6, 6.07) is 0.123. The molecule has 5 heteroatoms. The van der Waals surface area contributed by atoms with Crippen molar-refractivity contribution in [2.45, 2.75) is 64.0 Å². The zero-order valence-corrected chi connectivity index (χ0v) is 13.3. The van der Waals surface area contributed by atoms with Crippen molar-refractivity contribution in [2.24, 2.45) is 12.8 Å². The van der Waals surface area contributed by atoms with Gasteiger partial charge in [0.25, 0.3) is 0 Å². The third-order valence-electron chi connectivity index (χ3n) is 4.09. The van der Waals surface area contributed by atoms with Crippen molar-refractivity contribution in [1.82, 2.24) is 9.78 Å². The van der Waals surface area contributed by atoms with Crippen LogP contribution in [0.5, 0.6) is 0 Å². The molecule has 0 aromatic carbocycles. The summed E-state index contributed by atoms with van der Waals surface area (Å²) in [5, 5.41) is 5.23. The Morgan fingerprint density at radius 3 is 2.90 bits per heavy atom. The lowest BCUT2D eigenvalue weighted by Crippen LogP contribution is -2.27. The maximum atomic E-state index is 6.36. The Morgan fingerprint density at radius 1 is 1.50 bits per heavy atom. The van der Waals surface area contributed by atoms with E-state index in [2.05, 4.69) is 12.0 Å². The van der Waals surface area contributed by atoms with Crippen molar-refractivity contribution in [1.29, 1.82) is 0 Å². The van der Waals surface area contributed by atoms with Crippen LogP contribution in [0.2, 0.25) is 5.02 Å². The Morgan fingerprint density at radius 2 is 2.30 bits per heavy atom. The van der Waals surface area contributed by atoms with Gasteiger partial charge in [-0.2, -0.15) is 5.10 Å². The number of hydrogen-bond acceptors (Lipinski definition) is 3. The summed E-state index contributed by atoms with van der Waals surface area (Å²) in [5.74, 6) is 0. The van der Waals surface area contributed by atoms with Crippen molar-refractivity contribution < 1.29 is 4.74 Å². The minimum atomic E-state index is 0.123. The molecule has 2 atom stereocenters. The molecule has 2 N–H and O–H groups in total. The van der Waals surface area contributed by atoms with Crippen LogP contribution in [0.25, 0.3) is 0 Å². The first kappa shape index (κ1) is 15.8. The highest BCUT2D eigenvalue weighted by Gasteiger charge is 2.18. The Balaban J connectivity index is 1.84. The first-order valence-electron chi connectivity index (χ1n) is 7.69. The Hall–Kier alpha value is -0.580. The fourth-order valence-corrected chi connectivity index (χ4v) is 3.20. The molecule has 1 aromatic rings. The fourth-order valence-electron chi connectivity index (χ4n) is 2.83. The summed E-state index contributed by atoms with van der Waals surface area (Å²) in [6.07, 6.45) is 7.75. The number of rotatable bonds is 6. The smallest absolute Gasteiger partial charge is 0.0850 e. The highest BCUT2D eigenvalue weighted by atomic mass is 35.5. The maximum Gasteiger partial charge on any atom is 0.0850 e. The molecular formula is C15H26ClN3O. The van der Waals surface area contributed by atoms with Gasteiger partial charge in [-0.3, -0.25) is 4.68 Å². The van der Waals surface area contributed by atoms with Crippen LogP contribution >= 0.6 is 11.6 Å². The lowest BCUT2D eigenvalue weighted by Gasteiger charge is -2.23. The lowest BCUT2D eigenvalue weighted by molar-refractivity contribution is 0.00913. The van der Waals surface area contributed by atoms with E-state index in [0.29, 0.717) is 6.10 Å². The summed E-state index contributed by atoms with van der Waals surface area (Å²) in [7, 11) is 1.94. The topological polar surface area (TPSA) is 53.1 Å². The van der Waals surface area contributed by atoms with Crippen LogP contribution < -0.4 is 5.73 Å². The highest BCUT2D eigenvalue weighted by Crippen LogP contribution is 2.23. The molecule has 20 heavy (non-hydrogen) atoms. The molecule has 1 saturated heterocycles. The van der Waals surface area contributed by atoms with E-state index in [4.69, 9.17) is 22.1 Å². The van der Waals surface area contributed by atoms with Gasteiger partial charge >= 0.3 is 0 Å². The number of nitrogens with zero attached hydrogens (tertiary/aromatic N) is 2. The quantitative estimate of drug-likeness (QED) is 0.879. The maximum absolute atomic E-state index is 6.36. The summed E-state index contributed by atoms with van der Waals surface area (Å²) in [6.45, 7) is 2.98. The van der Waals surface area contributed by atoms with Gasteiger partial charge in [0.15, 0.2) is 0 Å². The predicted molar refractivity (Wildman–Crippen MR) is 82.1 cm³/mol. The molecule has 0 radical (unpaired) electrons. The second-order valence-electron chi connectivity index (χ2n) is 5.71. The van der Waals surface area contributed by atoms with Crippen LogP contribution in [0.15, 0.2) is 0 Å².